The van der Waals surface area contributed by atoms with E-state index in [-0.39, 0.29) is 5.91 Å². The quantitative estimate of drug-likeness (QED) is 0.610. The number of aryl methyl sites for hydroxylation is 2. The zero-order valence-corrected chi connectivity index (χ0v) is 12.1. The molecule has 2 rings (SSSR count). The van der Waals surface area contributed by atoms with Gasteiger partial charge < -0.3 is 0 Å². The van der Waals surface area contributed by atoms with Crippen LogP contribution in [0.4, 0.5) is 0 Å². The first-order chi connectivity index (χ1) is 8.66. The molecule has 0 aliphatic carbocycles. The van der Waals surface area contributed by atoms with Crippen LogP contribution in [-0.2, 0) is 11.2 Å². The highest BCUT2D eigenvalue weighted by Gasteiger charge is 2.25. The lowest BCUT2D eigenvalue weighted by Crippen LogP contribution is -2.29. The lowest BCUT2D eigenvalue weighted by molar-refractivity contribution is -0.124. The van der Waals surface area contributed by atoms with E-state index in [2.05, 4.69) is 31.2 Å². The van der Waals surface area contributed by atoms with E-state index >= 15 is 0 Å². The van der Waals surface area contributed by atoms with Gasteiger partial charge in [-0.2, -0.15) is 0 Å². The molecule has 2 nitrogen and oxygen atoms in total. The van der Waals surface area contributed by atoms with E-state index in [1.165, 1.54) is 22.9 Å². The van der Waals surface area contributed by atoms with Crippen LogP contribution in [0.2, 0.25) is 0 Å². The monoisotopic (exact) mass is 279 g/mol. The van der Waals surface area contributed by atoms with Crippen molar-refractivity contribution in [2.75, 3.05) is 12.3 Å². The maximum Gasteiger partial charge on any atom is 0.238 e. The van der Waals surface area contributed by atoms with Crippen molar-refractivity contribution in [1.29, 1.82) is 0 Å². The zero-order chi connectivity index (χ0) is 13.0. The highest BCUT2D eigenvalue weighted by molar-refractivity contribution is 8.23. The highest BCUT2D eigenvalue weighted by atomic mass is 32.2. The Morgan fingerprint density at radius 1 is 1.28 bits per heavy atom. The molecule has 0 radical (unpaired) electrons. The fourth-order valence-electron chi connectivity index (χ4n) is 1.95. The Bertz CT molecular complexity index is 426. The highest BCUT2D eigenvalue weighted by Crippen LogP contribution is 2.19. The van der Waals surface area contributed by atoms with Gasteiger partial charge in [-0.1, -0.05) is 53.8 Å². The first-order valence-corrected chi connectivity index (χ1v) is 7.59. The molecule has 1 amide bonds. The first kappa shape index (κ1) is 13.6. The summed E-state index contributed by atoms with van der Waals surface area (Å²) in [6, 6.07) is 8.64. The zero-order valence-electron chi connectivity index (χ0n) is 10.5. The Morgan fingerprint density at radius 3 is 2.61 bits per heavy atom. The van der Waals surface area contributed by atoms with Gasteiger partial charge in [0.15, 0.2) is 0 Å². The first-order valence-electron chi connectivity index (χ1n) is 6.19. The van der Waals surface area contributed by atoms with E-state index in [1.54, 1.807) is 4.90 Å². The summed E-state index contributed by atoms with van der Waals surface area (Å²) in [5, 5.41) is 0. The minimum absolute atomic E-state index is 0.167. The molecule has 0 atom stereocenters. The van der Waals surface area contributed by atoms with Crippen LogP contribution in [0.3, 0.4) is 0 Å². The van der Waals surface area contributed by atoms with E-state index in [0.29, 0.717) is 5.75 Å². The molecule has 0 spiro atoms. The van der Waals surface area contributed by atoms with Crippen molar-refractivity contribution in [3.8, 4) is 0 Å². The molecule has 1 aliphatic rings. The molecular formula is C14H17NOS2. The predicted molar refractivity (Wildman–Crippen MR) is 80.9 cm³/mol. The molecule has 4 heteroatoms. The summed E-state index contributed by atoms with van der Waals surface area (Å²) in [6.07, 6.45) is 3.18. The van der Waals surface area contributed by atoms with Crippen molar-refractivity contribution in [2.45, 2.75) is 26.2 Å². The molecule has 1 aromatic rings. The van der Waals surface area contributed by atoms with Gasteiger partial charge in [-0.15, -0.1) is 0 Å². The number of thioether (sulfide) groups is 1. The third-order valence-corrected chi connectivity index (χ3v) is 4.49. The summed E-state index contributed by atoms with van der Waals surface area (Å²) < 4.78 is 0.746. The molecule has 0 aromatic heterocycles. The molecule has 96 valence electrons. The normalized spacial score (nSPS) is 15.5. The second-order valence-electron chi connectivity index (χ2n) is 4.54. The topological polar surface area (TPSA) is 20.3 Å². The standard InChI is InChI=1S/C14H17NOS2/c1-11-5-7-12(8-6-11)4-2-3-9-15-13(16)10-18-14(15)17/h5-8H,2-4,9-10H2,1H3. The summed E-state index contributed by atoms with van der Waals surface area (Å²) in [5.41, 5.74) is 2.66. The van der Waals surface area contributed by atoms with Crippen LogP contribution >= 0.6 is 24.0 Å². The average molecular weight is 279 g/mol. The lowest BCUT2D eigenvalue weighted by Gasteiger charge is -2.14. The summed E-state index contributed by atoms with van der Waals surface area (Å²) >= 11 is 6.62. The molecule has 0 saturated carbocycles. The minimum Gasteiger partial charge on any atom is -0.297 e. The number of thiocarbonyl (C=S) groups is 1. The van der Waals surface area contributed by atoms with Gasteiger partial charge >= 0.3 is 0 Å². The van der Waals surface area contributed by atoms with Crippen LogP contribution in [0.5, 0.6) is 0 Å². The SMILES string of the molecule is Cc1ccc(CCCCN2C(=O)CSC2=S)cc1. The Hall–Kier alpha value is -0.870. The maximum atomic E-state index is 11.5. The molecule has 1 aromatic carbocycles. The van der Waals surface area contributed by atoms with Crippen LogP contribution in [0.1, 0.15) is 24.0 Å². The Labute approximate surface area is 118 Å². The number of amides is 1. The van der Waals surface area contributed by atoms with Crippen LogP contribution in [0.15, 0.2) is 24.3 Å². The number of hydrogen-bond donors (Lipinski definition) is 0. The molecule has 0 N–H and O–H groups in total. The fourth-order valence-corrected chi connectivity index (χ4v) is 3.07. The molecule has 0 unspecified atom stereocenters. The average Bonchev–Trinajstić information content (AvgIpc) is 2.68. The number of rotatable bonds is 5. The third kappa shape index (κ3) is 3.56. The van der Waals surface area contributed by atoms with Crippen molar-refractivity contribution < 1.29 is 4.79 Å². The van der Waals surface area contributed by atoms with Crippen LogP contribution in [0.25, 0.3) is 0 Å². The summed E-state index contributed by atoms with van der Waals surface area (Å²) in [5.74, 6) is 0.692. The van der Waals surface area contributed by atoms with Gasteiger partial charge in [0, 0.05) is 6.54 Å². The van der Waals surface area contributed by atoms with Crippen LogP contribution in [0, 0.1) is 6.92 Å². The van der Waals surface area contributed by atoms with E-state index in [4.69, 9.17) is 12.2 Å². The second kappa shape index (κ2) is 6.34. The van der Waals surface area contributed by atoms with Gasteiger partial charge in [-0.05, 0) is 31.7 Å². The van der Waals surface area contributed by atoms with Gasteiger partial charge in [0.2, 0.25) is 5.91 Å². The number of carbonyl (C=O) groups excluding carboxylic acids is 1. The number of unbranched alkanes of at least 4 members (excludes halogenated alkanes) is 1. The second-order valence-corrected chi connectivity index (χ2v) is 6.15. The summed E-state index contributed by atoms with van der Waals surface area (Å²) in [7, 11) is 0. The number of benzene rings is 1. The van der Waals surface area contributed by atoms with Gasteiger partial charge in [-0.3, -0.25) is 9.69 Å². The van der Waals surface area contributed by atoms with Gasteiger partial charge in [-0.25, -0.2) is 0 Å². The molecule has 1 aliphatic heterocycles. The molecule has 1 heterocycles. The smallest absolute Gasteiger partial charge is 0.238 e. The molecular weight excluding hydrogens is 262 g/mol. The third-order valence-electron chi connectivity index (χ3n) is 3.06. The Kier molecular flexibility index (Phi) is 4.78. The van der Waals surface area contributed by atoms with Crippen molar-refractivity contribution in [3.63, 3.8) is 0 Å². The Balaban J connectivity index is 1.71. The van der Waals surface area contributed by atoms with Crippen LogP contribution in [-0.4, -0.2) is 27.4 Å². The van der Waals surface area contributed by atoms with Crippen molar-refractivity contribution in [2.24, 2.45) is 0 Å². The summed E-state index contributed by atoms with van der Waals surface area (Å²) in [4.78, 5) is 13.2. The minimum atomic E-state index is 0.167. The predicted octanol–water partition coefficient (Wildman–Crippen LogP) is 3.18. The van der Waals surface area contributed by atoms with Gasteiger partial charge in [0.25, 0.3) is 0 Å². The largest absolute Gasteiger partial charge is 0.297 e. The Morgan fingerprint density at radius 2 is 2.00 bits per heavy atom. The maximum absolute atomic E-state index is 11.5. The van der Waals surface area contributed by atoms with E-state index in [1.807, 2.05) is 0 Å². The van der Waals surface area contributed by atoms with Crippen LogP contribution < -0.4 is 0 Å². The van der Waals surface area contributed by atoms with Crippen molar-refractivity contribution in [1.82, 2.24) is 4.90 Å². The number of hydrogen-bond acceptors (Lipinski definition) is 3. The van der Waals surface area contributed by atoms with E-state index < -0.39 is 0 Å². The van der Waals surface area contributed by atoms with E-state index in [9.17, 15) is 4.79 Å². The number of carbonyl (C=O) groups is 1. The lowest BCUT2D eigenvalue weighted by atomic mass is 10.1. The van der Waals surface area contributed by atoms with Gasteiger partial charge in [0.1, 0.15) is 4.32 Å². The van der Waals surface area contributed by atoms with E-state index in [0.717, 1.165) is 30.1 Å². The molecule has 0 bridgehead atoms. The van der Waals surface area contributed by atoms with Crippen molar-refractivity contribution in [3.05, 3.63) is 35.4 Å². The van der Waals surface area contributed by atoms with Crippen molar-refractivity contribution >= 4 is 34.2 Å². The molecule has 1 fully saturated rings. The fraction of sp³-hybridized carbons (Fsp3) is 0.429. The summed E-state index contributed by atoms with van der Waals surface area (Å²) in [6.45, 7) is 2.87. The van der Waals surface area contributed by atoms with Gasteiger partial charge in [0.05, 0.1) is 5.75 Å². The molecule has 1 saturated heterocycles. The molecule has 18 heavy (non-hydrogen) atoms. The number of nitrogens with zero attached hydrogens (tertiary/aromatic N) is 1.